The number of hydrogen-bond acceptors (Lipinski definition) is 2. The third kappa shape index (κ3) is 2.79. The van der Waals surface area contributed by atoms with Gasteiger partial charge in [0.2, 0.25) is 5.91 Å². The smallest absolute Gasteiger partial charge is 0.230 e. The van der Waals surface area contributed by atoms with Crippen molar-refractivity contribution in [1.29, 1.82) is 0 Å². The van der Waals surface area contributed by atoms with E-state index < -0.39 is 0 Å². The molecular weight excluding hydrogens is 272 g/mol. The number of carbonyl (C=O) groups excluding carboxylic acids is 1. The predicted octanol–water partition coefficient (Wildman–Crippen LogP) is 3.97. The Labute approximate surface area is 133 Å². The van der Waals surface area contributed by atoms with Crippen molar-refractivity contribution in [2.45, 2.75) is 70.3 Å². The van der Waals surface area contributed by atoms with Gasteiger partial charge in [0, 0.05) is 16.6 Å². The van der Waals surface area contributed by atoms with Gasteiger partial charge in [0.15, 0.2) is 0 Å². The van der Waals surface area contributed by atoms with E-state index in [0.29, 0.717) is 0 Å². The second-order valence-corrected chi connectivity index (χ2v) is 8.42. The van der Waals surface area contributed by atoms with Gasteiger partial charge in [0.25, 0.3) is 0 Å². The largest absolute Gasteiger partial charge is 0.326 e. The summed E-state index contributed by atoms with van der Waals surface area (Å²) in [5, 5.41) is 3.14. The molecule has 2 bridgehead atoms. The summed E-state index contributed by atoms with van der Waals surface area (Å²) < 4.78 is 0. The Balaban J connectivity index is 1.70. The Morgan fingerprint density at radius 2 is 1.50 bits per heavy atom. The zero-order valence-corrected chi connectivity index (χ0v) is 14.0. The van der Waals surface area contributed by atoms with Crippen molar-refractivity contribution in [3.05, 3.63) is 29.8 Å². The highest BCUT2D eigenvalue weighted by molar-refractivity contribution is 5.95. The predicted molar refractivity (Wildman–Crippen MR) is 90.8 cm³/mol. The highest BCUT2D eigenvalue weighted by Gasteiger charge is 2.50. The Bertz CT molecular complexity index is 544. The molecule has 1 amide bonds. The van der Waals surface area contributed by atoms with E-state index in [1.54, 1.807) is 0 Å². The fraction of sp³-hybridized carbons (Fsp3) is 0.632. The SMILES string of the molecule is CC(C)(C)c1ccc(NC(=O)C23CCC(N)(CC2)CC3)cc1. The molecule has 3 heteroatoms. The van der Waals surface area contributed by atoms with Crippen LogP contribution in [0.4, 0.5) is 5.69 Å². The van der Waals surface area contributed by atoms with Gasteiger partial charge in [-0.05, 0) is 61.6 Å². The van der Waals surface area contributed by atoms with Crippen LogP contribution in [-0.2, 0) is 10.2 Å². The fourth-order valence-corrected chi connectivity index (χ4v) is 3.87. The topological polar surface area (TPSA) is 55.1 Å². The maximum atomic E-state index is 12.8. The van der Waals surface area contributed by atoms with E-state index in [4.69, 9.17) is 5.73 Å². The molecule has 3 saturated carbocycles. The van der Waals surface area contributed by atoms with Crippen LogP contribution in [0.2, 0.25) is 0 Å². The Morgan fingerprint density at radius 3 is 1.95 bits per heavy atom. The number of anilines is 1. The Kier molecular flexibility index (Phi) is 3.59. The summed E-state index contributed by atoms with van der Waals surface area (Å²) in [6, 6.07) is 8.27. The minimum atomic E-state index is -0.177. The lowest BCUT2D eigenvalue weighted by Crippen LogP contribution is -2.55. The number of nitrogens with two attached hydrogens (primary N) is 1. The van der Waals surface area contributed by atoms with Crippen LogP contribution in [0.3, 0.4) is 0 Å². The molecular formula is C19H28N2O. The van der Waals surface area contributed by atoms with Gasteiger partial charge in [0.1, 0.15) is 0 Å². The quantitative estimate of drug-likeness (QED) is 0.868. The number of rotatable bonds is 2. The fourth-order valence-electron chi connectivity index (χ4n) is 3.87. The molecule has 0 aromatic heterocycles. The molecule has 4 rings (SSSR count). The molecule has 0 radical (unpaired) electrons. The average Bonchev–Trinajstić information content (AvgIpc) is 2.48. The van der Waals surface area contributed by atoms with Crippen molar-refractivity contribution in [3.63, 3.8) is 0 Å². The van der Waals surface area contributed by atoms with Gasteiger partial charge in [-0.2, -0.15) is 0 Å². The van der Waals surface area contributed by atoms with Crippen molar-refractivity contribution in [3.8, 4) is 0 Å². The number of benzene rings is 1. The summed E-state index contributed by atoms with van der Waals surface area (Å²) in [5.74, 6) is 0.192. The zero-order valence-electron chi connectivity index (χ0n) is 14.0. The first-order valence-corrected chi connectivity index (χ1v) is 8.44. The molecule has 3 aliphatic rings. The van der Waals surface area contributed by atoms with Crippen molar-refractivity contribution >= 4 is 11.6 Å². The molecule has 1 aromatic rings. The molecule has 0 saturated heterocycles. The van der Waals surface area contributed by atoms with Crippen LogP contribution in [0.5, 0.6) is 0 Å². The molecule has 3 fully saturated rings. The van der Waals surface area contributed by atoms with Gasteiger partial charge in [-0.15, -0.1) is 0 Å². The van der Waals surface area contributed by atoms with E-state index >= 15 is 0 Å². The van der Waals surface area contributed by atoms with Crippen LogP contribution >= 0.6 is 0 Å². The lowest BCUT2D eigenvalue weighted by molar-refractivity contribution is -0.131. The van der Waals surface area contributed by atoms with E-state index in [1.807, 2.05) is 12.1 Å². The first-order valence-electron chi connectivity index (χ1n) is 8.44. The van der Waals surface area contributed by atoms with Gasteiger partial charge in [-0.1, -0.05) is 32.9 Å². The highest BCUT2D eigenvalue weighted by Crippen LogP contribution is 2.51. The number of nitrogens with one attached hydrogen (secondary N) is 1. The molecule has 0 atom stereocenters. The minimum Gasteiger partial charge on any atom is -0.326 e. The molecule has 3 N–H and O–H groups in total. The van der Waals surface area contributed by atoms with E-state index in [1.165, 1.54) is 5.56 Å². The minimum absolute atomic E-state index is 0.0103. The first kappa shape index (κ1) is 15.5. The van der Waals surface area contributed by atoms with Crippen LogP contribution in [0.15, 0.2) is 24.3 Å². The van der Waals surface area contributed by atoms with Gasteiger partial charge in [0.05, 0.1) is 0 Å². The van der Waals surface area contributed by atoms with Crippen LogP contribution in [-0.4, -0.2) is 11.4 Å². The number of amides is 1. The monoisotopic (exact) mass is 300 g/mol. The van der Waals surface area contributed by atoms with Gasteiger partial charge in [-0.25, -0.2) is 0 Å². The maximum absolute atomic E-state index is 12.8. The normalized spacial score (nSPS) is 31.1. The van der Waals surface area contributed by atoms with Gasteiger partial charge >= 0.3 is 0 Å². The van der Waals surface area contributed by atoms with Crippen molar-refractivity contribution in [2.24, 2.45) is 11.1 Å². The van der Waals surface area contributed by atoms with Gasteiger partial charge in [-0.3, -0.25) is 4.79 Å². The third-order valence-corrected chi connectivity index (χ3v) is 5.79. The van der Waals surface area contributed by atoms with E-state index in [-0.39, 0.29) is 22.3 Å². The number of hydrogen-bond donors (Lipinski definition) is 2. The van der Waals surface area contributed by atoms with Gasteiger partial charge < -0.3 is 11.1 Å². The summed E-state index contributed by atoms with van der Waals surface area (Å²) in [6.07, 6.45) is 5.79. The third-order valence-electron chi connectivity index (χ3n) is 5.79. The Morgan fingerprint density at radius 1 is 1.00 bits per heavy atom. The summed E-state index contributed by atoms with van der Waals surface area (Å²) in [4.78, 5) is 12.8. The average molecular weight is 300 g/mol. The molecule has 120 valence electrons. The summed E-state index contributed by atoms with van der Waals surface area (Å²) in [5.41, 5.74) is 8.49. The second kappa shape index (κ2) is 5.09. The maximum Gasteiger partial charge on any atom is 0.230 e. The molecule has 0 spiro atoms. The van der Waals surface area contributed by atoms with E-state index in [0.717, 1.165) is 44.2 Å². The Hall–Kier alpha value is -1.35. The van der Waals surface area contributed by atoms with E-state index in [2.05, 4.69) is 38.2 Å². The van der Waals surface area contributed by atoms with Crippen LogP contribution < -0.4 is 11.1 Å². The molecule has 1 aromatic carbocycles. The van der Waals surface area contributed by atoms with E-state index in [9.17, 15) is 4.79 Å². The highest BCUT2D eigenvalue weighted by atomic mass is 16.2. The molecule has 3 nitrogen and oxygen atoms in total. The van der Waals surface area contributed by atoms with Crippen molar-refractivity contribution in [2.75, 3.05) is 5.32 Å². The summed E-state index contributed by atoms with van der Waals surface area (Å²) >= 11 is 0. The molecule has 0 heterocycles. The molecule has 0 unspecified atom stereocenters. The first-order chi connectivity index (χ1) is 10.2. The lowest BCUT2D eigenvalue weighted by atomic mass is 9.57. The molecule has 0 aliphatic heterocycles. The molecule has 3 aliphatic carbocycles. The van der Waals surface area contributed by atoms with Crippen LogP contribution in [0.25, 0.3) is 0 Å². The standard InChI is InChI=1S/C19H28N2O/c1-17(2,3)14-4-6-15(7-5-14)21-16(22)18-8-11-19(20,12-9-18)13-10-18/h4-7H,8-13,20H2,1-3H3,(H,21,22). The number of carbonyl (C=O) groups is 1. The molecule has 22 heavy (non-hydrogen) atoms. The lowest BCUT2D eigenvalue weighted by Gasteiger charge is -2.50. The van der Waals surface area contributed by atoms with Crippen LogP contribution in [0, 0.1) is 5.41 Å². The van der Waals surface area contributed by atoms with Crippen molar-refractivity contribution in [1.82, 2.24) is 0 Å². The van der Waals surface area contributed by atoms with Crippen molar-refractivity contribution < 1.29 is 4.79 Å². The second-order valence-electron chi connectivity index (χ2n) is 8.42. The zero-order chi connectivity index (χ0) is 16.0. The van der Waals surface area contributed by atoms with Crippen LogP contribution in [0.1, 0.15) is 64.9 Å². The summed E-state index contributed by atoms with van der Waals surface area (Å²) in [6.45, 7) is 6.59. The number of fused-ring (bicyclic) bond motifs is 3. The summed E-state index contributed by atoms with van der Waals surface area (Å²) in [7, 11) is 0.